The number of amides is 1. The Morgan fingerprint density at radius 3 is 2.82 bits per heavy atom. The number of rotatable bonds is 3. The molecule has 2 fully saturated rings. The standard InChI is InChI=1S/C17H22BrFN2O/c18-14-5-6-16(15(19)9-14)20-17(22)11-21-8-7-12-3-1-2-4-13(12)10-21/h5-6,9,12-13H,1-4,7-8,10-11H2,(H,20,22)/p+1/t12-,13-/m1/s1. The Hall–Kier alpha value is -0.940. The van der Waals surface area contributed by atoms with Crippen LogP contribution in [-0.2, 0) is 4.79 Å². The number of benzene rings is 1. The third-order valence-corrected chi connectivity index (χ3v) is 5.60. The Morgan fingerprint density at radius 2 is 2.05 bits per heavy atom. The number of likely N-dealkylation sites (tertiary alicyclic amines) is 1. The van der Waals surface area contributed by atoms with E-state index in [2.05, 4.69) is 21.2 Å². The van der Waals surface area contributed by atoms with Gasteiger partial charge in [-0.05, 0) is 43.4 Å². The molecule has 1 aliphatic carbocycles. The minimum atomic E-state index is -0.399. The molecule has 1 aromatic rings. The van der Waals surface area contributed by atoms with Gasteiger partial charge in [-0.15, -0.1) is 0 Å². The number of quaternary nitrogens is 1. The van der Waals surface area contributed by atoms with Crippen molar-refractivity contribution >= 4 is 27.5 Å². The van der Waals surface area contributed by atoms with Crippen LogP contribution in [0.15, 0.2) is 22.7 Å². The van der Waals surface area contributed by atoms with Gasteiger partial charge in [-0.25, -0.2) is 4.39 Å². The van der Waals surface area contributed by atoms with Gasteiger partial charge in [0.15, 0.2) is 6.54 Å². The molecule has 1 amide bonds. The second-order valence-electron chi connectivity index (χ2n) is 6.65. The number of halogens is 2. The molecular weight excluding hydrogens is 347 g/mol. The molecule has 1 saturated heterocycles. The van der Waals surface area contributed by atoms with Crippen LogP contribution in [0.5, 0.6) is 0 Å². The van der Waals surface area contributed by atoms with Gasteiger partial charge in [-0.2, -0.15) is 0 Å². The van der Waals surface area contributed by atoms with Crippen molar-refractivity contribution in [1.82, 2.24) is 0 Å². The molecule has 3 atom stereocenters. The van der Waals surface area contributed by atoms with Crippen molar-refractivity contribution < 1.29 is 14.1 Å². The van der Waals surface area contributed by atoms with Crippen LogP contribution < -0.4 is 10.2 Å². The lowest BCUT2D eigenvalue weighted by molar-refractivity contribution is -0.902. The van der Waals surface area contributed by atoms with Crippen molar-refractivity contribution in [2.24, 2.45) is 11.8 Å². The second kappa shape index (κ2) is 7.09. The highest BCUT2D eigenvalue weighted by atomic mass is 79.9. The maximum absolute atomic E-state index is 13.8. The zero-order valence-electron chi connectivity index (χ0n) is 12.7. The molecule has 3 rings (SSSR count). The monoisotopic (exact) mass is 369 g/mol. The fraction of sp³-hybridized carbons (Fsp3) is 0.588. The predicted molar refractivity (Wildman–Crippen MR) is 88.4 cm³/mol. The van der Waals surface area contributed by atoms with Gasteiger partial charge in [0.1, 0.15) is 5.82 Å². The van der Waals surface area contributed by atoms with E-state index in [9.17, 15) is 9.18 Å². The molecule has 1 aliphatic heterocycles. The summed E-state index contributed by atoms with van der Waals surface area (Å²) >= 11 is 3.22. The first-order valence-corrected chi connectivity index (χ1v) is 8.99. The minimum absolute atomic E-state index is 0.0921. The summed E-state index contributed by atoms with van der Waals surface area (Å²) in [5.41, 5.74) is 0.264. The molecule has 5 heteroatoms. The number of fused-ring (bicyclic) bond motifs is 1. The molecule has 0 aromatic heterocycles. The number of hydrogen-bond acceptors (Lipinski definition) is 1. The van der Waals surface area contributed by atoms with Crippen LogP contribution in [0.4, 0.5) is 10.1 Å². The number of piperidine rings is 1. The van der Waals surface area contributed by atoms with Crippen molar-refractivity contribution in [3.05, 3.63) is 28.5 Å². The van der Waals surface area contributed by atoms with Gasteiger partial charge in [0.2, 0.25) is 0 Å². The molecule has 3 nitrogen and oxygen atoms in total. The zero-order chi connectivity index (χ0) is 15.5. The van der Waals surface area contributed by atoms with E-state index in [1.807, 2.05) is 0 Å². The molecule has 0 spiro atoms. The molecule has 120 valence electrons. The summed E-state index contributed by atoms with van der Waals surface area (Å²) in [4.78, 5) is 13.5. The van der Waals surface area contributed by atoms with E-state index >= 15 is 0 Å². The third-order valence-electron chi connectivity index (χ3n) is 5.10. The van der Waals surface area contributed by atoms with Gasteiger partial charge in [-0.3, -0.25) is 4.79 Å². The molecule has 1 heterocycles. The van der Waals surface area contributed by atoms with Gasteiger partial charge in [0.25, 0.3) is 5.91 Å². The fourth-order valence-corrected chi connectivity index (χ4v) is 4.30. The topological polar surface area (TPSA) is 33.5 Å². The van der Waals surface area contributed by atoms with Crippen LogP contribution in [0.1, 0.15) is 32.1 Å². The SMILES string of the molecule is O=C(C[NH+]1CC[C@H]2CCCC[C@@H]2C1)Nc1ccc(Br)cc1F. The zero-order valence-corrected chi connectivity index (χ0v) is 14.3. The number of carbonyl (C=O) groups excluding carboxylic acids is 1. The Bertz CT molecular complexity index is 551. The lowest BCUT2D eigenvalue weighted by atomic mass is 9.75. The summed E-state index contributed by atoms with van der Waals surface area (Å²) in [6.07, 6.45) is 6.63. The summed E-state index contributed by atoms with van der Waals surface area (Å²) in [6.45, 7) is 2.61. The van der Waals surface area contributed by atoms with Crippen molar-refractivity contribution in [2.45, 2.75) is 32.1 Å². The van der Waals surface area contributed by atoms with E-state index in [0.29, 0.717) is 11.0 Å². The predicted octanol–water partition coefficient (Wildman–Crippen LogP) is 2.62. The highest BCUT2D eigenvalue weighted by molar-refractivity contribution is 9.10. The molecule has 0 radical (unpaired) electrons. The normalized spacial score (nSPS) is 28.0. The van der Waals surface area contributed by atoms with Crippen LogP contribution >= 0.6 is 15.9 Å². The van der Waals surface area contributed by atoms with Crippen LogP contribution in [0.3, 0.4) is 0 Å². The van der Waals surface area contributed by atoms with E-state index in [1.54, 1.807) is 12.1 Å². The van der Waals surface area contributed by atoms with Crippen LogP contribution in [0, 0.1) is 17.7 Å². The molecule has 0 bridgehead atoms. The average molecular weight is 370 g/mol. The highest BCUT2D eigenvalue weighted by Crippen LogP contribution is 2.32. The maximum Gasteiger partial charge on any atom is 0.279 e. The number of carbonyl (C=O) groups is 1. The van der Waals surface area contributed by atoms with Crippen molar-refractivity contribution in [1.29, 1.82) is 0 Å². The molecule has 22 heavy (non-hydrogen) atoms. The molecule has 1 aromatic carbocycles. The van der Waals surface area contributed by atoms with Gasteiger partial charge < -0.3 is 10.2 Å². The van der Waals surface area contributed by atoms with Gasteiger partial charge in [0.05, 0.1) is 18.8 Å². The Labute approximate surface area is 139 Å². The molecule has 2 aliphatic rings. The maximum atomic E-state index is 13.8. The Morgan fingerprint density at radius 1 is 1.27 bits per heavy atom. The minimum Gasteiger partial charge on any atom is -0.327 e. The first-order chi connectivity index (χ1) is 10.6. The van der Waals surface area contributed by atoms with Gasteiger partial charge in [-0.1, -0.05) is 28.8 Å². The number of anilines is 1. The quantitative estimate of drug-likeness (QED) is 0.843. The summed E-state index contributed by atoms with van der Waals surface area (Å²) in [5, 5.41) is 2.70. The second-order valence-corrected chi connectivity index (χ2v) is 7.56. The lowest BCUT2D eigenvalue weighted by Gasteiger charge is -2.38. The van der Waals surface area contributed by atoms with Gasteiger partial charge in [0, 0.05) is 10.4 Å². The van der Waals surface area contributed by atoms with Crippen molar-refractivity contribution in [2.75, 3.05) is 25.0 Å². The molecule has 1 saturated carbocycles. The number of nitrogens with one attached hydrogen (secondary N) is 2. The summed E-state index contributed by atoms with van der Waals surface area (Å²) < 4.78 is 14.4. The van der Waals surface area contributed by atoms with Crippen LogP contribution in [0.2, 0.25) is 0 Å². The summed E-state index contributed by atoms with van der Waals surface area (Å²) in [6, 6.07) is 4.70. The summed E-state index contributed by atoms with van der Waals surface area (Å²) in [7, 11) is 0. The number of hydrogen-bond donors (Lipinski definition) is 2. The van der Waals surface area contributed by atoms with E-state index in [4.69, 9.17) is 0 Å². The molecular formula is C17H23BrFN2O+. The molecule has 1 unspecified atom stereocenters. The largest absolute Gasteiger partial charge is 0.327 e. The van der Waals surface area contributed by atoms with Gasteiger partial charge >= 0.3 is 0 Å². The van der Waals surface area contributed by atoms with E-state index in [-0.39, 0.29) is 11.6 Å². The Balaban J connectivity index is 1.53. The summed E-state index contributed by atoms with van der Waals surface area (Å²) in [5.74, 6) is 1.17. The third kappa shape index (κ3) is 3.87. The van der Waals surface area contributed by atoms with Crippen molar-refractivity contribution in [3.8, 4) is 0 Å². The Kier molecular flexibility index (Phi) is 5.14. The lowest BCUT2D eigenvalue weighted by Crippen LogP contribution is -3.15. The molecule has 2 N–H and O–H groups in total. The first kappa shape index (κ1) is 15.9. The van der Waals surface area contributed by atoms with E-state index in [0.717, 1.165) is 24.9 Å². The van der Waals surface area contributed by atoms with E-state index in [1.165, 1.54) is 43.1 Å². The smallest absolute Gasteiger partial charge is 0.279 e. The van der Waals surface area contributed by atoms with E-state index < -0.39 is 5.82 Å². The average Bonchev–Trinajstić information content (AvgIpc) is 2.50. The highest BCUT2D eigenvalue weighted by Gasteiger charge is 2.34. The first-order valence-electron chi connectivity index (χ1n) is 8.20. The van der Waals surface area contributed by atoms with Crippen molar-refractivity contribution in [3.63, 3.8) is 0 Å². The van der Waals surface area contributed by atoms with Crippen LogP contribution in [0.25, 0.3) is 0 Å². The fourth-order valence-electron chi connectivity index (χ4n) is 3.97. The van der Waals surface area contributed by atoms with Crippen LogP contribution in [-0.4, -0.2) is 25.5 Å².